The number of nitrogens with zero attached hydrogens (tertiary/aromatic N) is 1. The molecule has 1 atom stereocenters. The zero-order valence-corrected chi connectivity index (χ0v) is 9.40. The second kappa shape index (κ2) is 3.45. The van der Waals surface area contributed by atoms with Crippen LogP contribution in [-0.4, -0.2) is 17.1 Å². The standard InChI is InChI=1S/C13H12N2O2/c1-7-12-9(6-11(14-7)13(16)17)8-4-2-3-5-10(8)15-12/h2-5,11,14H,6H2,1H3,(H,16,17). The Morgan fingerprint density at radius 2 is 2.24 bits per heavy atom. The van der Waals surface area contributed by atoms with Crippen molar-refractivity contribution in [2.45, 2.75) is 19.4 Å². The molecule has 0 amide bonds. The topological polar surface area (TPSA) is 61.7 Å². The number of carboxylic acids is 1. The maximum atomic E-state index is 11.1. The van der Waals surface area contributed by atoms with Crippen LogP contribution in [0.5, 0.6) is 0 Å². The van der Waals surface area contributed by atoms with Crippen molar-refractivity contribution in [2.75, 3.05) is 0 Å². The first-order chi connectivity index (χ1) is 8.16. The Labute approximate surface area is 98.0 Å². The van der Waals surface area contributed by atoms with Gasteiger partial charge in [-0.05, 0) is 18.6 Å². The van der Waals surface area contributed by atoms with Gasteiger partial charge >= 0.3 is 5.97 Å². The molecule has 0 saturated carbocycles. The molecule has 0 saturated heterocycles. The summed E-state index contributed by atoms with van der Waals surface area (Å²) in [4.78, 5) is 15.6. The lowest BCUT2D eigenvalue weighted by molar-refractivity contribution is -0.139. The third-order valence-electron chi connectivity index (χ3n) is 3.20. The molecule has 4 heteroatoms. The van der Waals surface area contributed by atoms with E-state index in [1.165, 1.54) is 0 Å². The molecule has 0 aliphatic carbocycles. The lowest BCUT2D eigenvalue weighted by Gasteiger charge is -2.24. The van der Waals surface area contributed by atoms with Crippen LogP contribution in [0.1, 0.15) is 13.3 Å². The van der Waals surface area contributed by atoms with Gasteiger partial charge in [-0.15, -0.1) is 0 Å². The van der Waals surface area contributed by atoms with Gasteiger partial charge in [-0.25, -0.2) is 9.79 Å². The molecule has 0 radical (unpaired) electrons. The van der Waals surface area contributed by atoms with Crippen molar-refractivity contribution in [1.82, 2.24) is 5.32 Å². The molecular weight excluding hydrogens is 216 g/mol. The van der Waals surface area contributed by atoms with E-state index >= 15 is 0 Å². The van der Waals surface area contributed by atoms with Crippen LogP contribution < -0.4 is 15.9 Å². The zero-order valence-electron chi connectivity index (χ0n) is 9.40. The summed E-state index contributed by atoms with van der Waals surface area (Å²) in [6.45, 7) is 1.87. The van der Waals surface area contributed by atoms with Gasteiger partial charge in [0.1, 0.15) is 6.04 Å². The highest BCUT2D eigenvalue weighted by Crippen LogP contribution is 2.26. The van der Waals surface area contributed by atoms with Crippen molar-refractivity contribution in [1.29, 1.82) is 0 Å². The van der Waals surface area contributed by atoms with Gasteiger partial charge in [0, 0.05) is 17.3 Å². The molecule has 2 N–H and O–H groups in total. The van der Waals surface area contributed by atoms with Gasteiger partial charge in [0.2, 0.25) is 0 Å². The number of aliphatic carboxylic acids is 1. The summed E-state index contributed by atoms with van der Waals surface area (Å²) >= 11 is 0. The molecule has 0 aromatic heterocycles. The Morgan fingerprint density at radius 1 is 1.47 bits per heavy atom. The molecular formula is C13H12N2O2. The van der Waals surface area contributed by atoms with Gasteiger partial charge in [0.25, 0.3) is 0 Å². The molecule has 0 bridgehead atoms. The lowest BCUT2D eigenvalue weighted by atomic mass is 9.97. The minimum Gasteiger partial charge on any atom is -0.480 e. The summed E-state index contributed by atoms with van der Waals surface area (Å²) in [5.41, 5.74) is 2.79. The summed E-state index contributed by atoms with van der Waals surface area (Å²) < 4.78 is 0. The first-order valence-corrected chi connectivity index (χ1v) is 5.54. The highest BCUT2D eigenvalue weighted by atomic mass is 16.4. The van der Waals surface area contributed by atoms with Gasteiger partial charge in [0.15, 0.2) is 0 Å². The van der Waals surface area contributed by atoms with E-state index in [4.69, 9.17) is 5.11 Å². The van der Waals surface area contributed by atoms with Crippen LogP contribution in [0.25, 0.3) is 5.57 Å². The maximum absolute atomic E-state index is 11.1. The van der Waals surface area contributed by atoms with Crippen molar-refractivity contribution in [2.24, 2.45) is 4.99 Å². The summed E-state index contributed by atoms with van der Waals surface area (Å²) in [5.74, 6) is -0.819. The molecule has 0 fully saturated rings. The van der Waals surface area contributed by atoms with E-state index < -0.39 is 12.0 Å². The Kier molecular flexibility index (Phi) is 2.04. The molecule has 1 unspecified atom stereocenters. The highest BCUT2D eigenvalue weighted by molar-refractivity contribution is 5.80. The third-order valence-corrected chi connectivity index (χ3v) is 3.20. The number of carboxylic acid groups (broad SMARTS) is 1. The maximum Gasteiger partial charge on any atom is 0.326 e. The molecule has 17 heavy (non-hydrogen) atoms. The number of fused-ring (bicyclic) bond motifs is 2. The van der Waals surface area contributed by atoms with Crippen LogP contribution in [0.4, 0.5) is 0 Å². The number of carbonyl (C=O) groups is 1. The molecule has 2 aliphatic heterocycles. The van der Waals surface area contributed by atoms with E-state index in [0.29, 0.717) is 6.42 Å². The van der Waals surface area contributed by atoms with E-state index in [-0.39, 0.29) is 0 Å². The van der Waals surface area contributed by atoms with Crippen molar-refractivity contribution in [3.8, 4) is 0 Å². The Hall–Kier alpha value is -2.10. The second-order valence-corrected chi connectivity index (χ2v) is 4.32. The predicted molar refractivity (Wildman–Crippen MR) is 62.5 cm³/mol. The van der Waals surface area contributed by atoms with Crippen molar-refractivity contribution in [3.63, 3.8) is 0 Å². The largest absolute Gasteiger partial charge is 0.480 e. The van der Waals surface area contributed by atoms with Gasteiger partial charge in [-0.2, -0.15) is 0 Å². The molecule has 3 rings (SSSR count). The smallest absolute Gasteiger partial charge is 0.326 e. The van der Waals surface area contributed by atoms with Gasteiger partial charge in [-0.3, -0.25) is 0 Å². The molecule has 2 heterocycles. The average molecular weight is 228 g/mol. The van der Waals surface area contributed by atoms with E-state index in [1.54, 1.807) is 0 Å². The van der Waals surface area contributed by atoms with E-state index in [2.05, 4.69) is 10.3 Å². The minimum atomic E-state index is -0.819. The molecule has 2 aliphatic rings. The van der Waals surface area contributed by atoms with Crippen molar-refractivity contribution < 1.29 is 9.90 Å². The second-order valence-electron chi connectivity index (χ2n) is 4.32. The number of hydrogen-bond donors (Lipinski definition) is 2. The summed E-state index contributed by atoms with van der Waals surface area (Å²) in [6, 6.07) is 7.31. The fourth-order valence-corrected chi connectivity index (χ4v) is 2.39. The van der Waals surface area contributed by atoms with E-state index in [0.717, 1.165) is 27.5 Å². The fourth-order valence-electron chi connectivity index (χ4n) is 2.39. The van der Waals surface area contributed by atoms with Crippen LogP contribution in [0.2, 0.25) is 0 Å². The van der Waals surface area contributed by atoms with Crippen LogP contribution >= 0.6 is 0 Å². The van der Waals surface area contributed by atoms with Gasteiger partial charge < -0.3 is 10.4 Å². The van der Waals surface area contributed by atoms with Crippen molar-refractivity contribution >= 4 is 11.5 Å². The summed E-state index contributed by atoms with van der Waals surface area (Å²) in [6.07, 6.45) is 0.489. The Bertz CT molecular complexity index is 658. The van der Waals surface area contributed by atoms with Crippen molar-refractivity contribution in [3.05, 3.63) is 46.2 Å². The summed E-state index contributed by atoms with van der Waals surface area (Å²) in [5, 5.41) is 14.1. The average Bonchev–Trinajstić information content (AvgIpc) is 2.68. The Morgan fingerprint density at radius 3 is 3.00 bits per heavy atom. The lowest BCUT2D eigenvalue weighted by Crippen LogP contribution is -2.39. The number of para-hydroxylation sites is 1. The number of nitrogens with one attached hydrogen (secondary N) is 1. The Balaban J connectivity index is 2.24. The van der Waals surface area contributed by atoms with E-state index in [9.17, 15) is 4.79 Å². The molecule has 86 valence electrons. The number of hydrogen-bond acceptors (Lipinski definition) is 3. The quantitative estimate of drug-likeness (QED) is 0.719. The minimum absolute atomic E-state index is 0.489. The summed E-state index contributed by atoms with van der Waals surface area (Å²) in [7, 11) is 0. The fraction of sp³-hybridized carbons (Fsp3) is 0.231. The highest BCUT2D eigenvalue weighted by Gasteiger charge is 2.29. The zero-order chi connectivity index (χ0) is 12.0. The predicted octanol–water partition coefficient (Wildman–Crippen LogP) is 0.148. The molecule has 1 aromatic carbocycles. The van der Waals surface area contributed by atoms with Gasteiger partial charge in [-0.1, -0.05) is 18.2 Å². The number of rotatable bonds is 1. The number of benzene rings is 1. The molecule has 0 spiro atoms. The van der Waals surface area contributed by atoms with Gasteiger partial charge in [0.05, 0.1) is 11.1 Å². The first-order valence-electron chi connectivity index (χ1n) is 5.54. The monoisotopic (exact) mass is 228 g/mol. The van der Waals surface area contributed by atoms with E-state index in [1.807, 2.05) is 31.2 Å². The van der Waals surface area contributed by atoms with Crippen LogP contribution in [-0.2, 0) is 4.79 Å². The normalized spacial score (nSPS) is 21.5. The first kappa shape index (κ1) is 10.1. The van der Waals surface area contributed by atoms with Crippen LogP contribution in [0, 0.1) is 0 Å². The third kappa shape index (κ3) is 1.45. The number of allylic oxidation sites excluding steroid dienone is 2. The SMILES string of the molecule is CC1=C2N=c3ccccc3=C2CC(C(=O)O)N1. The van der Waals surface area contributed by atoms with Crippen LogP contribution in [0.15, 0.2) is 40.7 Å². The molecule has 1 aromatic rings. The molecule has 4 nitrogen and oxygen atoms in total. The van der Waals surface area contributed by atoms with Crippen LogP contribution in [0.3, 0.4) is 0 Å².